The SMILES string of the molecule is CC(CCC(=O)O)C1CCC2C3C(CCC12C)C1(C)CCC(O)(F)CC1CC3(F)OP(=O)(O)O. The Hall–Kier alpha value is -0.600. The molecule has 4 rings (SSSR count). The van der Waals surface area contributed by atoms with Crippen molar-refractivity contribution in [3.05, 3.63) is 0 Å². The molecule has 4 fully saturated rings. The maximum absolute atomic E-state index is 16.8. The van der Waals surface area contributed by atoms with Crippen LogP contribution in [0, 0.1) is 46.3 Å². The molecule has 0 bridgehead atoms. The third-order valence-corrected chi connectivity index (χ3v) is 11.1. The van der Waals surface area contributed by atoms with E-state index in [0.29, 0.717) is 25.7 Å². The fourth-order valence-corrected chi connectivity index (χ4v) is 9.54. The van der Waals surface area contributed by atoms with Gasteiger partial charge < -0.3 is 20.0 Å². The molecule has 0 amide bonds. The van der Waals surface area contributed by atoms with Gasteiger partial charge in [0.05, 0.1) is 0 Å². The van der Waals surface area contributed by atoms with Gasteiger partial charge in [0.1, 0.15) is 0 Å². The second kappa shape index (κ2) is 8.47. The zero-order chi connectivity index (χ0) is 25.3. The van der Waals surface area contributed by atoms with Crippen LogP contribution in [0.1, 0.15) is 85.0 Å². The van der Waals surface area contributed by atoms with Gasteiger partial charge in [0.15, 0.2) is 0 Å². The van der Waals surface area contributed by atoms with E-state index in [1.54, 1.807) is 0 Å². The molecule has 0 saturated heterocycles. The summed E-state index contributed by atoms with van der Waals surface area (Å²) in [6.07, 6.45) is 3.27. The van der Waals surface area contributed by atoms with E-state index in [1.807, 2.05) is 13.8 Å². The minimum absolute atomic E-state index is 0.0291. The Bertz CT molecular complexity index is 864. The molecule has 4 saturated carbocycles. The van der Waals surface area contributed by atoms with E-state index in [1.165, 1.54) is 0 Å². The number of phosphoric acid groups is 1. The van der Waals surface area contributed by atoms with E-state index >= 15 is 4.39 Å². The molecule has 0 aromatic rings. The normalized spacial score (nSPS) is 49.6. The van der Waals surface area contributed by atoms with Crippen molar-refractivity contribution >= 4 is 13.8 Å². The van der Waals surface area contributed by atoms with Gasteiger partial charge in [0, 0.05) is 31.6 Å². The molecule has 0 aromatic carbocycles. The Balaban J connectivity index is 1.70. The summed E-state index contributed by atoms with van der Waals surface area (Å²) >= 11 is 0. The van der Waals surface area contributed by atoms with Gasteiger partial charge in [-0.2, -0.15) is 0 Å². The molecule has 196 valence electrons. The fraction of sp³-hybridized carbons (Fsp3) is 0.958. The Labute approximate surface area is 199 Å². The Morgan fingerprint density at radius 2 is 1.71 bits per heavy atom. The van der Waals surface area contributed by atoms with Crippen LogP contribution in [-0.2, 0) is 13.9 Å². The first-order valence-corrected chi connectivity index (χ1v) is 14.1. The van der Waals surface area contributed by atoms with Crippen molar-refractivity contribution in [2.45, 2.75) is 96.7 Å². The number of rotatable bonds is 6. The summed E-state index contributed by atoms with van der Waals surface area (Å²) in [4.78, 5) is 30.4. The Kier molecular flexibility index (Phi) is 6.60. The summed E-state index contributed by atoms with van der Waals surface area (Å²) in [7, 11) is -5.18. The summed E-state index contributed by atoms with van der Waals surface area (Å²) in [5, 5.41) is 19.2. The van der Waals surface area contributed by atoms with Gasteiger partial charge in [-0.1, -0.05) is 20.8 Å². The number of phosphoric ester groups is 1. The minimum Gasteiger partial charge on any atom is -0.481 e. The van der Waals surface area contributed by atoms with Crippen LogP contribution >= 0.6 is 7.82 Å². The summed E-state index contributed by atoms with van der Waals surface area (Å²) in [6.45, 7) is 6.19. The number of aliphatic carboxylic acids is 1. The average molecular weight is 509 g/mol. The highest BCUT2D eigenvalue weighted by molar-refractivity contribution is 7.46. The van der Waals surface area contributed by atoms with Gasteiger partial charge in [-0.3, -0.25) is 4.79 Å². The van der Waals surface area contributed by atoms with Crippen molar-refractivity contribution in [3.8, 4) is 0 Å². The zero-order valence-corrected chi connectivity index (χ0v) is 21.1. The topological polar surface area (TPSA) is 124 Å². The molecule has 4 aliphatic carbocycles. The first kappa shape index (κ1) is 26.5. The van der Waals surface area contributed by atoms with Crippen molar-refractivity contribution in [2.75, 3.05) is 0 Å². The molecule has 10 unspecified atom stereocenters. The number of carbonyl (C=O) groups is 1. The third kappa shape index (κ3) is 4.49. The van der Waals surface area contributed by atoms with Crippen molar-refractivity contribution in [3.63, 3.8) is 0 Å². The van der Waals surface area contributed by atoms with Gasteiger partial charge in [0.25, 0.3) is 0 Å². The van der Waals surface area contributed by atoms with Crippen LogP contribution in [0.4, 0.5) is 8.78 Å². The number of carboxylic acids is 1. The zero-order valence-electron chi connectivity index (χ0n) is 20.3. The van der Waals surface area contributed by atoms with Crippen LogP contribution < -0.4 is 0 Å². The van der Waals surface area contributed by atoms with Crippen molar-refractivity contribution in [2.24, 2.45) is 46.3 Å². The lowest BCUT2D eigenvalue weighted by Crippen LogP contribution is -2.63. The van der Waals surface area contributed by atoms with E-state index in [0.717, 1.165) is 12.8 Å². The van der Waals surface area contributed by atoms with E-state index in [2.05, 4.69) is 6.92 Å². The summed E-state index contributed by atoms with van der Waals surface area (Å²) in [6, 6.07) is 0. The first-order valence-electron chi connectivity index (χ1n) is 12.6. The summed E-state index contributed by atoms with van der Waals surface area (Å²) in [5.41, 5.74) is -0.751. The maximum atomic E-state index is 16.8. The van der Waals surface area contributed by atoms with Crippen LogP contribution in [0.5, 0.6) is 0 Å². The summed E-state index contributed by atoms with van der Waals surface area (Å²) < 4.78 is 48.2. The molecular weight excluding hydrogens is 469 g/mol. The minimum atomic E-state index is -5.18. The van der Waals surface area contributed by atoms with Gasteiger partial charge in [-0.15, -0.1) is 0 Å². The molecule has 0 heterocycles. The van der Waals surface area contributed by atoms with Crippen LogP contribution in [0.3, 0.4) is 0 Å². The quantitative estimate of drug-likeness (QED) is 0.364. The molecule has 0 aliphatic heterocycles. The molecule has 7 nitrogen and oxygen atoms in total. The second-order valence-electron chi connectivity index (χ2n) is 12.3. The maximum Gasteiger partial charge on any atom is 0.472 e. The molecular formula is C24H39F2O7P. The van der Waals surface area contributed by atoms with Crippen LogP contribution in [0.15, 0.2) is 0 Å². The van der Waals surface area contributed by atoms with Crippen LogP contribution in [0.25, 0.3) is 0 Å². The highest BCUT2D eigenvalue weighted by atomic mass is 31.2. The van der Waals surface area contributed by atoms with E-state index in [9.17, 15) is 28.6 Å². The summed E-state index contributed by atoms with van der Waals surface area (Å²) in [5.74, 6) is -7.33. The number of fused-ring (bicyclic) bond motifs is 5. The fourth-order valence-electron chi connectivity index (χ4n) is 8.95. The smallest absolute Gasteiger partial charge is 0.472 e. The van der Waals surface area contributed by atoms with Crippen LogP contribution in [0.2, 0.25) is 0 Å². The van der Waals surface area contributed by atoms with E-state index < -0.39 is 42.8 Å². The number of alkyl halides is 2. The molecule has 4 aliphatic rings. The largest absolute Gasteiger partial charge is 0.481 e. The Morgan fingerprint density at radius 3 is 2.32 bits per heavy atom. The molecule has 10 atom stereocenters. The highest BCUT2D eigenvalue weighted by Gasteiger charge is 2.70. The number of hydrogen-bond donors (Lipinski definition) is 4. The highest BCUT2D eigenvalue weighted by Crippen LogP contribution is 2.72. The van der Waals surface area contributed by atoms with Crippen LogP contribution in [-0.4, -0.2) is 37.7 Å². The van der Waals surface area contributed by atoms with Crippen molar-refractivity contribution in [1.29, 1.82) is 0 Å². The molecule has 0 radical (unpaired) electrons. The third-order valence-electron chi connectivity index (χ3n) is 10.5. The predicted octanol–water partition coefficient (Wildman–Crippen LogP) is 5.19. The predicted molar refractivity (Wildman–Crippen MR) is 120 cm³/mol. The van der Waals surface area contributed by atoms with Crippen molar-refractivity contribution in [1.82, 2.24) is 0 Å². The van der Waals surface area contributed by atoms with E-state index in [4.69, 9.17) is 9.63 Å². The van der Waals surface area contributed by atoms with E-state index in [-0.39, 0.29) is 54.8 Å². The van der Waals surface area contributed by atoms with Crippen molar-refractivity contribution < 1.29 is 42.7 Å². The number of hydrogen-bond acceptors (Lipinski definition) is 4. The number of aliphatic hydroxyl groups is 1. The molecule has 0 aromatic heterocycles. The number of carboxylic acid groups (broad SMARTS) is 1. The molecule has 34 heavy (non-hydrogen) atoms. The first-order chi connectivity index (χ1) is 15.5. The second-order valence-corrected chi connectivity index (χ2v) is 13.4. The van der Waals surface area contributed by atoms with Gasteiger partial charge >= 0.3 is 13.8 Å². The lowest BCUT2D eigenvalue weighted by atomic mass is 9.43. The van der Waals surface area contributed by atoms with Gasteiger partial charge in [-0.25, -0.2) is 17.9 Å². The standard InChI is InChI=1S/C24H39F2O7P/c1-14(4-7-19(27)28)16-5-6-17-20-18(8-9-22(16,17)3)21(2)10-11-23(25,29)12-15(21)13-24(20,26)33-34(30,31)32/h14-18,20,29H,4-13H2,1-3H3,(H,27,28)(H2,30,31,32). The lowest BCUT2D eigenvalue weighted by molar-refractivity contribution is -0.278. The molecule has 4 N–H and O–H groups in total. The van der Waals surface area contributed by atoms with Gasteiger partial charge in [0.2, 0.25) is 11.7 Å². The average Bonchev–Trinajstić information content (AvgIpc) is 3.03. The van der Waals surface area contributed by atoms with Gasteiger partial charge in [-0.05, 0) is 78.9 Å². The molecule has 0 spiro atoms. The lowest BCUT2D eigenvalue weighted by Gasteiger charge is -2.64. The number of halogens is 2. The molecule has 10 heteroatoms. The Morgan fingerprint density at radius 1 is 1.06 bits per heavy atom. The monoisotopic (exact) mass is 508 g/mol.